The maximum atomic E-state index is 14.4. The number of urea groups is 1. The normalized spacial score (nSPS) is 19.9. The van der Waals surface area contributed by atoms with Gasteiger partial charge in [0.1, 0.15) is 0 Å². The third-order valence-corrected chi connectivity index (χ3v) is 8.97. The van der Waals surface area contributed by atoms with Crippen molar-refractivity contribution in [2.75, 3.05) is 5.32 Å². The molecule has 0 saturated heterocycles. The number of aromatic nitrogens is 1. The number of nitrogens with zero attached hydrogens (tertiary/aromatic N) is 2. The number of aliphatic hydroxyl groups is 1. The first kappa shape index (κ1) is 21.4. The molecule has 2 aliphatic carbocycles. The van der Waals surface area contributed by atoms with E-state index in [0.29, 0.717) is 11.6 Å². The summed E-state index contributed by atoms with van der Waals surface area (Å²) in [6, 6.07) is 0.200. The fraction of sp³-hybridized carbons (Fsp3) is 0.500. The first-order valence-electron chi connectivity index (χ1n) is 9.90. The number of carbonyl (C=O) groups is 1. The largest absolute Gasteiger partial charge is 0.385 e. The number of thiophene rings is 1. The molecular weight excluding hydrogens is 427 g/mol. The van der Waals surface area contributed by atoms with E-state index in [4.69, 9.17) is 10.1 Å². The number of amides is 2. The summed E-state index contributed by atoms with van der Waals surface area (Å²) in [5.41, 5.74) is 3.37. The molecule has 0 aliphatic heterocycles. The summed E-state index contributed by atoms with van der Waals surface area (Å²) in [6.45, 7) is 5.08. The number of nitrogens with one attached hydrogen (secondary N) is 1. The van der Waals surface area contributed by atoms with E-state index in [1.165, 1.54) is 13.8 Å². The van der Waals surface area contributed by atoms with Crippen LogP contribution in [0.1, 0.15) is 66.9 Å². The summed E-state index contributed by atoms with van der Waals surface area (Å²) in [4.78, 5) is 17.7. The van der Waals surface area contributed by atoms with E-state index in [1.54, 1.807) is 0 Å². The van der Waals surface area contributed by atoms with Crippen molar-refractivity contribution in [3.8, 4) is 0 Å². The van der Waals surface area contributed by atoms with Crippen LogP contribution >= 0.6 is 11.3 Å². The van der Waals surface area contributed by atoms with Crippen molar-refractivity contribution in [1.82, 2.24) is 4.98 Å². The van der Waals surface area contributed by atoms with Crippen LogP contribution in [0.15, 0.2) is 14.6 Å². The lowest BCUT2D eigenvalue weighted by molar-refractivity contribution is 0.0823. The number of hydrogen-bond acceptors (Lipinski definition) is 5. The zero-order valence-electron chi connectivity index (χ0n) is 17.1. The highest BCUT2D eigenvalue weighted by atomic mass is 32.2. The van der Waals surface area contributed by atoms with Gasteiger partial charge in [-0.05, 0) is 69.1 Å². The molecule has 2 amide bonds. The molecule has 162 valence electrons. The molecule has 4 rings (SSSR count). The second kappa shape index (κ2) is 7.37. The van der Waals surface area contributed by atoms with Crippen molar-refractivity contribution in [3.05, 3.63) is 39.3 Å². The Morgan fingerprint density at radius 2 is 2.13 bits per heavy atom. The van der Waals surface area contributed by atoms with Crippen molar-refractivity contribution in [3.63, 3.8) is 0 Å². The Kier molecular flexibility index (Phi) is 5.24. The Balaban J connectivity index is 1.69. The molecule has 2 aromatic rings. The van der Waals surface area contributed by atoms with Crippen LogP contribution in [-0.4, -0.2) is 20.3 Å². The number of halogens is 1. The Labute approximate surface area is 179 Å². The van der Waals surface area contributed by atoms with E-state index >= 15 is 0 Å². The summed E-state index contributed by atoms with van der Waals surface area (Å²) >= 11 is 0.753. The number of aryl methyl sites for hydroxylation is 1. The topological polar surface area (TPSA) is 118 Å². The second-order valence-corrected chi connectivity index (χ2v) is 11.5. The standard InChI is InChI=1S/C20H25FN4O3S2/c1-10-7-8-12-16(10)23-14-6-4-5-11(14)17(12)24-19(26)25-30(22,28)18-13(21)9-15(29-18)20(2,3)27/h9-10,27H,4-8H2,1-3H3,(H3,22,23,24,25,26,28)/t10-,30+/m0/s1. The lowest BCUT2D eigenvalue weighted by Crippen LogP contribution is -2.19. The SMILES string of the molecule is C[C@H]1CCc2c1nc1c(c2NC(=O)N=[S@@](N)(=O)c2sc(C(C)(C)O)cc2F)CCC1. The minimum absolute atomic E-state index is 0.252. The van der Waals surface area contributed by atoms with Crippen LogP contribution in [0.5, 0.6) is 0 Å². The van der Waals surface area contributed by atoms with E-state index < -0.39 is 27.4 Å². The summed E-state index contributed by atoms with van der Waals surface area (Å²) in [5, 5.41) is 18.6. The molecule has 0 unspecified atom stereocenters. The van der Waals surface area contributed by atoms with Gasteiger partial charge in [-0.1, -0.05) is 6.92 Å². The molecule has 2 aliphatic rings. The van der Waals surface area contributed by atoms with Crippen LogP contribution in [0.2, 0.25) is 0 Å². The Hall–Kier alpha value is -1.88. The van der Waals surface area contributed by atoms with Gasteiger partial charge in [0.15, 0.2) is 19.9 Å². The number of rotatable bonds is 3. The predicted molar refractivity (Wildman–Crippen MR) is 115 cm³/mol. The van der Waals surface area contributed by atoms with E-state index in [2.05, 4.69) is 16.6 Å². The molecule has 0 bridgehead atoms. The van der Waals surface area contributed by atoms with Crippen LogP contribution in [0, 0.1) is 5.82 Å². The quantitative estimate of drug-likeness (QED) is 0.653. The monoisotopic (exact) mass is 452 g/mol. The fourth-order valence-corrected chi connectivity index (χ4v) is 6.44. The summed E-state index contributed by atoms with van der Waals surface area (Å²) in [7, 11) is -3.81. The number of nitrogens with two attached hydrogens (primary N) is 1. The fourth-order valence-electron chi connectivity index (χ4n) is 4.10. The van der Waals surface area contributed by atoms with Gasteiger partial charge in [-0.25, -0.2) is 18.5 Å². The zero-order chi connectivity index (χ0) is 21.8. The number of hydrogen-bond donors (Lipinski definition) is 3. The highest BCUT2D eigenvalue weighted by molar-refractivity contribution is 7.93. The molecule has 0 fully saturated rings. The van der Waals surface area contributed by atoms with Crippen LogP contribution < -0.4 is 10.5 Å². The lowest BCUT2D eigenvalue weighted by atomic mass is 10.0. The highest BCUT2D eigenvalue weighted by Gasteiger charge is 2.30. The molecule has 0 saturated carbocycles. The second-order valence-electron chi connectivity index (χ2n) is 8.46. The van der Waals surface area contributed by atoms with Crippen molar-refractivity contribution >= 4 is 33.0 Å². The van der Waals surface area contributed by atoms with Crippen LogP contribution in [0.3, 0.4) is 0 Å². The van der Waals surface area contributed by atoms with Gasteiger partial charge < -0.3 is 10.4 Å². The predicted octanol–water partition coefficient (Wildman–Crippen LogP) is 3.98. The van der Waals surface area contributed by atoms with Crippen molar-refractivity contribution in [2.24, 2.45) is 9.50 Å². The number of fused-ring (bicyclic) bond motifs is 2. The first-order chi connectivity index (χ1) is 14.0. The molecular formula is C20H25FN4O3S2. The molecule has 2 aromatic heterocycles. The number of pyridine rings is 1. The summed E-state index contributed by atoms with van der Waals surface area (Å²) < 4.78 is 30.5. The highest BCUT2D eigenvalue weighted by Crippen LogP contribution is 2.41. The molecule has 0 aromatic carbocycles. The van der Waals surface area contributed by atoms with Gasteiger partial charge in [-0.3, -0.25) is 4.98 Å². The molecule has 4 N–H and O–H groups in total. The number of carbonyl (C=O) groups excluding carboxylic acids is 1. The number of anilines is 1. The van der Waals surface area contributed by atoms with E-state index in [0.717, 1.165) is 72.0 Å². The third kappa shape index (κ3) is 3.77. The zero-order valence-corrected chi connectivity index (χ0v) is 18.8. The Bertz CT molecular complexity index is 1160. The molecule has 2 heterocycles. The minimum atomic E-state index is -3.81. The Morgan fingerprint density at radius 1 is 1.40 bits per heavy atom. The van der Waals surface area contributed by atoms with Gasteiger partial charge in [0.25, 0.3) is 0 Å². The van der Waals surface area contributed by atoms with Crippen LogP contribution in [0.25, 0.3) is 0 Å². The Morgan fingerprint density at radius 3 is 2.80 bits per heavy atom. The first-order valence-corrected chi connectivity index (χ1v) is 12.3. The molecule has 10 heteroatoms. The minimum Gasteiger partial charge on any atom is -0.385 e. The van der Waals surface area contributed by atoms with Gasteiger partial charge in [-0.15, -0.1) is 15.7 Å². The van der Waals surface area contributed by atoms with E-state index in [9.17, 15) is 18.5 Å². The van der Waals surface area contributed by atoms with Gasteiger partial charge in [0.05, 0.1) is 11.3 Å². The summed E-state index contributed by atoms with van der Waals surface area (Å²) in [5.74, 6) is -0.529. The van der Waals surface area contributed by atoms with Crippen molar-refractivity contribution in [2.45, 2.75) is 68.6 Å². The van der Waals surface area contributed by atoms with Gasteiger partial charge in [0, 0.05) is 16.3 Å². The van der Waals surface area contributed by atoms with Gasteiger partial charge in [-0.2, -0.15) is 0 Å². The van der Waals surface area contributed by atoms with E-state index in [-0.39, 0.29) is 9.09 Å². The molecule has 7 nitrogen and oxygen atoms in total. The smallest absolute Gasteiger partial charge is 0.354 e. The van der Waals surface area contributed by atoms with E-state index in [1.807, 2.05) is 0 Å². The maximum Gasteiger partial charge on any atom is 0.354 e. The molecule has 30 heavy (non-hydrogen) atoms. The van der Waals surface area contributed by atoms with Crippen LogP contribution in [0.4, 0.5) is 14.9 Å². The van der Waals surface area contributed by atoms with Gasteiger partial charge in [0.2, 0.25) is 0 Å². The van der Waals surface area contributed by atoms with Crippen molar-refractivity contribution in [1.29, 1.82) is 0 Å². The van der Waals surface area contributed by atoms with Gasteiger partial charge >= 0.3 is 6.03 Å². The molecule has 2 atom stereocenters. The third-order valence-electron chi connectivity index (χ3n) is 5.63. The lowest BCUT2D eigenvalue weighted by Gasteiger charge is -2.15. The van der Waals surface area contributed by atoms with Crippen molar-refractivity contribution < 1.29 is 18.5 Å². The van der Waals surface area contributed by atoms with Crippen LogP contribution in [-0.2, 0) is 34.8 Å². The molecule has 0 radical (unpaired) electrons. The molecule has 0 spiro atoms. The average Bonchev–Trinajstić information content (AvgIpc) is 3.33. The maximum absolute atomic E-state index is 14.4. The summed E-state index contributed by atoms with van der Waals surface area (Å²) in [6.07, 6.45) is 4.40. The average molecular weight is 453 g/mol.